The van der Waals surface area contributed by atoms with Gasteiger partial charge in [-0.1, -0.05) is 56.6 Å². The molecule has 0 spiro atoms. The fraction of sp³-hybridized carbons (Fsp3) is 0.273. The Hall–Kier alpha value is -2.80. The van der Waals surface area contributed by atoms with Gasteiger partial charge in [-0.15, -0.1) is 0 Å². The minimum Gasteiger partial charge on any atom is -0.326 e. The van der Waals surface area contributed by atoms with Crippen molar-refractivity contribution in [2.75, 3.05) is 5.32 Å². The van der Waals surface area contributed by atoms with Gasteiger partial charge >= 0.3 is 6.18 Å². The quantitative estimate of drug-likeness (QED) is 0.546. The second-order valence-corrected chi connectivity index (χ2v) is 8.40. The monoisotopic (exact) mass is 435 g/mol. The summed E-state index contributed by atoms with van der Waals surface area (Å²) in [4.78, 5) is 16.2. The highest BCUT2D eigenvalue weighted by atomic mass is 35.5. The molecule has 0 atom stereocenters. The van der Waals surface area contributed by atoms with Gasteiger partial charge in [0, 0.05) is 16.8 Å². The van der Waals surface area contributed by atoms with Crippen LogP contribution in [0.4, 0.5) is 24.8 Å². The number of alkyl halides is 3. The number of benzene rings is 2. The minimum atomic E-state index is -4.73. The van der Waals surface area contributed by atoms with Gasteiger partial charge in [0.15, 0.2) is 5.69 Å². The summed E-state index contributed by atoms with van der Waals surface area (Å²) < 4.78 is 40.8. The first kappa shape index (κ1) is 21.9. The molecule has 0 bridgehead atoms. The Labute approximate surface area is 177 Å². The third-order valence-corrected chi connectivity index (χ3v) is 4.81. The average Bonchev–Trinajstić information content (AvgIpc) is 2.65. The van der Waals surface area contributed by atoms with Crippen molar-refractivity contribution in [2.24, 2.45) is 0 Å². The van der Waals surface area contributed by atoms with Gasteiger partial charge in [0.2, 0.25) is 5.95 Å². The van der Waals surface area contributed by atoms with Crippen LogP contribution in [-0.2, 0) is 18.1 Å². The van der Waals surface area contributed by atoms with Crippen LogP contribution in [-0.4, -0.2) is 9.55 Å². The first-order valence-electron chi connectivity index (χ1n) is 9.24. The average molecular weight is 436 g/mol. The van der Waals surface area contributed by atoms with Crippen molar-refractivity contribution in [1.82, 2.24) is 9.55 Å². The number of nitrogens with one attached hydrogen (secondary N) is 1. The van der Waals surface area contributed by atoms with Crippen molar-refractivity contribution >= 4 is 23.2 Å². The maximum Gasteiger partial charge on any atom is 0.433 e. The highest BCUT2D eigenvalue weighted by molar-refractivity contribution is 6.30. The minimum absolute atomic E-state index is 0.0452. The zero-order valence-corrected chi connectivity index (χ0v) is 17.5. The van der Waals surface area contributed by atoms with Gasteiger partial charge < -0.3 is 5.32 Å². The molecule has 4 nitrogen and oxygen atoms in total. The fourth-order valence-corrected chi connectivity index (χ4v) is 2.98. The molecule has 8 heteroatoms. The SMILES string of the molecule is CC(C)(C)c1ccc(Nc2nc(C(F)(F)F)cc(=O)n2Cc2ccc(Cl)cc2)cc1. The molecule has 3 aromatic rings. The zero-order valence-electron chi connectivity index (χ0n) is 16.7. The topological polar surface area (TPSA) is 46.9 Å². The van der Waals surface area contributed by atoms with Gasteiger partial charge in [0.1, 0.15) is 0 Å². The summed E-state index contributed by atoms with van der Waals surface area (Å²) >= 11 is 5.88. The lowest BCUT2D eigenvalue weighted by molar-refractivity contribution is -0.141. The normalized spacial score (nSPS) is 12.1. The molecule has 0 aliphatic heterocycles. The summed E-state index contributed by atoms with van der Waals surface area (Å²) in [6, 6.07) is 14.5. The van der Waals surface area contributed by atoms with Crippen LogP contribution in [0.25, 0.3) is 0 Å². The Morgan fingerprint density at radius 2 is 1.60 bits per heavy atom. The zero-order chi connectivity index (χ0) is 22.1. The molecular formula is C22H21ClF3N3O. The third-order valence-electron chi connectivity index (χ3n) is 4.56. The van der Waals surface area contributed by atoms with E-state index in [9.17, 15) is 18.0 Å². The van der Waals surface area contributed by atoms with Gasteiger partial charge in [-0.2, -0.15) is 13.2 Å². The smallest absolute Gasteiger partial charge is 0.326 e. The van der Waals surface area contributed by atoms with E-state index < -0.39 is 17.4 Å². The predicted molar refractivity (Wildman–Crippen MR) is 112 cm³/mol. The molecule has 0 aliphatic carbocycles. The molecule has 1 heterocycles. The first-order valence-corrected chi connectivity index (χ1v) is 9.62. The van der Waals surface area contributed by atoms with Crippen LogP contribution in [0, 0.1) is 0 Å². The van der Waals surface area contributed by atoms with Crippen LogP contribution in [0.2, 0.25) is 5.02 Å². The molecule has 1 N–H and O–H groups in total. The molecule has 0 amide bonds. The van der Waals surface area contributed by atoms with E-state index in [1.54, 1.807) is 36.4 Å². The van der Waals surface area contributed by atoms with E-state index in [1.807, 2.05) is 12.1 Å². The van der Waals surface area contributed by atoms with Gasteiger partial charge in [0.25, 0.3) is 5.56 Å². The molecule has 158 valence electrons. The molecule has 0 aliphatic rings. The van der Waals surface area contributed by atoms with Crippen molar-refractivity contribution in [1.29, 1.82) is 0 Å². The van der Waals surface area contributed by atoms with Crippen LogP contribution < -0.4 is 10.9 Å². The molecule has 1 aromatic heterocycles. The predicted octanol–water partition coefficient (Wildman–Crippen LogP) is 6.00. The van der Waals surface area contributed by atoms with Crippen LogP contribution in [0.15, 0.2) is 59.4 Å². The summed E-state index contributed by atoms with van der Waals surface area (Å²) in [7, 11) is 0. The lowest BCUT2D eigenvalue weighted by Gasteiger charge is -2.20. The maximum atomic E-state index is 13.2. The van der Waals surface area contributed by atoms with Crippen molar-refractivity contribution in [3.05, 3.63) is 86.8 Å². The molecule has 0 unspecified atom stereocenters. The van der Waals surface area contributed by atoms with Gasteiger partial charge in [-0.25, -0.2) is 4.98 Å². The van der Waals surface area contributed by atoms with Crippen molar-refractivity contribution < 1.29 is 13.2 Å². The maximum absolute atomic E-state index is 13.2. The molecule has 2 aromatic carbocycles. The van der Waals surface area contributed by atoms with Crippen LogP contribution in [0.5, 0.6) is 0 Å². The van der Waals surface area contributed by atoms with Gasteiger partial charge in [-0.3, -0.25) is 9.36 Å². The Kier molecular flexibility index (Phi) is 5.94. The molecular weight excluding hydrogens is 415 g/mol. The van der Waals surface area contributed by atoms with Crippen molar-refractivity contribution in [3.63, 3.8) is 0 Å². The largest absolute Gasteiger partial charge is 0.433 e. The number of aromatic nitrogens is 2. The number of rotatable bonds is 4. The van der Waals surface area contributed by atoms with Gasteiger partial charge in [0.05, 0.1) is 6.54 Å². The van der Waals surface area contributed by atoms with E-state index in [0.29, 0.717) is 22.3 Å². The van der Waals surface area contributed by atoms with E-state index in [4.69, 9.17) is 11.6 Å². The summed E-state index contributed by atoms with van der Waals surface area (Å²) in [5, 5.41) is 3.38. The Bertz CT molecular complexity index is 1080. The standard InChI is InChI=1S/C22H21ClF3N3O/c1-21(2,3)15-6-10-17(11-7-15)27-20-28-18(22(24,25)26)12-19(30)29(20)13-14-4-8-16(23)9-5-14/h4-12H,13H2,1-3H3,(H,27,28). The number of nitrogens with zero attached hydrogens (tertiary/aromatic N) is 2. The van der Waals surface area contributed by atoms with E-state index in [0.717, 1.165) is 10.1 Å². The Morgan fingerprint density at radius 3 is 2.13 bits per heavy atom. The fourth-order valence-electron chi connectivity index (χ4n) is 2.85. The number of hydrogen-bond acceptors (Lipinski definition) is 3. The van der Waals surface area contributed by atoms with Crippen LogP contribution in [0.3, 0.4) is 0 Å². The molecule has 0 radical (unpaired) electrons. The summed E-state index contributed by atoms with van der Waals surface area (Å²) in [6.45, 7) is 6.23. The second kappa shape index (κ2) is 8.14. The van der Waals surface area contributed by atoms with Crippen molar-refractivity contribution in [3.8, 4) is 0 Å². The molecule has 0 saturated heterocycles. The molecule has 3 rings (SSSR count). The second-order valence-electron chi connectivity index (χ2n) is 7.97. The van der Waals surface area contributed by atoms with Gasteiger partial charge in [-0.05, 0) is 40.8 Å². The summed E-state index contributed by atoms with van der Waals surface area (Å²) in [5.41, 5.74) is 0.190. The lowest BCUT2D eigenvalue weighted by Crippen LogP contribution is -2.27. The van der Waals surface area contributed by atoms with E-state index in [1.165, 1.54) is 0 Å². The molecule has 0 fully saturated rings. The Balaban J connectivity index is 2.02. The summed E-state index contributed by atoms with van der Waals surface area (Å²) in [6.07, 6.45) is -4.73. The Morgan fingerprint density at radius 1 is 1.00 bits per heavy atom. The number of halogens is 4. The van der Waals surface area contributed by atoms with Crippen molar-refractivity contribution in [2.45, 2.75) is 38.9 Å². The lowest BCUT2D eigenvalue weighted by atomic mass is 9.87. The van der Waals surface area contributed by atoms with Crippen LogP contribution >= 0.6 is 11.6 Å². The molecule has 30 heavy (non-hydrogen) atoms. The van der Waals surface area contributed by atoms with E-state index >= 15 is 0 Å². The van der Waals surface area contributed by atoms with Crippen LogP contribution in [0.1, 0.15) is 37.6 Å². The summed E-state index contributed by atoms with van der Waals surface area (Å²) in [5.74, 6) is -0.187. The highest BCUT2D eigenvalue weighted by Gasteiger charge is 2.34. The highest BCUT2D eigenvalue weighted by Crippen LogP contribution is 2.29. The first-order chi connectivity index (χ1) is 13.9. The van der Waals surface area contributed by atoms with E-state index in [-0.39, 0.29) is 17.9 Å². The van der Waals surface area contributed by atoms with E-state index in [2.05, 4.69) is 31.1 Å². The number of anilines is 2. The third kappa shape index (κ3) is 5.21. The number of hydrogen-bond donors (Lipinski definition) is 1. The molecule has 0 saturated carbocycles.